The SMILES string of the molecule is CCCC1(CNC(=O)Nc2cccc(C(C)=O)c2)CC1. The van der Waals surface area contributed by atoms with Crippen LogP contribution in [0.4, 0.5) is 10.5 Å². The summed E-state index contributed by atoms with van der Waals surface area (Å²) in [7, 11) is 0. The zero-order valence-electron chi connectivity index (χ0n) is 12.2. The van der Waals surface area contributed by atoms with Crippen LogP contribution < -0.4 is 10.6 Å². The zero-order chi connectivity index (χ0) is 14.6. The third kappa shape index (κ3) is 3.83. The number of ketones is 1. The van der Waals surface area contributed by atoms with Crippen molar-refractivity contribution in [2.45, 2.75) is 39.5 Å². The summed E-state index contributed by atoms with van der Waals surface area (Å²) in [5.74, 6) is -0.00561. The minimum atomic E-state index is -0.201. The number of carbonyl (C=O) groups excluding carboxylic acids is 2. The lowest BCUT2D eigenvalue weighted by Gasteiger charge is -2.15. The lowest BCUT2D eigenvalue weighted by Crippen LogP contribution is -2.33. The van der Waals surface area contributed by atoms with Crippen molar-refractivity contribution in [1.29, 1.82) is 0 Å². The highest BCUT2D eigenvalue weighted by Crippen LogP contribution is 2.48. The first-order chi connectivity index (χ1) is 9.54. The third-order valence-electron chi connectivity index (χ3n) is 3.89. The molecule has 0 aromatic heterocycles. The molecule has 4 nitrogen and oxygen atoms in total. The zero-order valence-corrected chi connectivity index (χ0v) is 12.2. The Morgan fingerprint density at radius 2 is 2.05 bits per heavy atom. The number of urea groups is 1. The van der Waals surface area contributed by atoms with Gasteiger partial charge in [0.25, 0.3) is 0 Å². The average Bonchev–Trinajstić information content (AvgIpc) is 3.17. The van der Waals surface area contributed by atoms with Gasteiger partial charge in [-0.1, -0.05) is 25.5 Å². The van der Waals surface area contributed by atoms with Gasteiger partial charge in [0.15, 0.2) is 5.78 Å². The molecule has 1 saturated carbocycles. The molecule has 0 saturated heterocycles. The van der Waals surface area contributed by atoms with Crippen molar-refractivity contribution in [3.63, 3.8) is 0 Å². The Bertz CT molecular complexity index is 507. The van der Waals surface area contributed by atoms with Gasteiger partial charge in [0.1, 0.15) is 0 Å². The second kappa shape index (κ2) is 6.07. The minimum absolute atomic E-state index is 0.00561. The summed E-state index contributed by atoms with van der Waals surface area (Å²) in [6.45, 7) is 4.42. The number of hydrogen-bond donors (Lipinski definition) is 2. The highest BCUT2D eigenvalue weighted by atomic mass is 16.2. The first kappa shape index (κ1) is 14.6. The lowest BCUT2D eigenvalue weighted by atomic mass is 10.0. The van der Waals surface area contributed by atoms with E-state index in [2.05, 4.69) is 17.6 Å². The van der Waals surface area contributed by atoms with Gasteiger partial charge in [0.05, 0.1) is 0 Å². The molecule has 1 fully saturated rings. The van der Waals surface area contributed by atoms with E-state index in [0.29, 0.717) is 16.7 Å². The third-order valence-corrected chi connectivity index (χ3v) is 3.89. The van der Waals surface area contributed by atoms with Gasteiger partial charge in [-0.15, -0.1) is 0 Å². The molecular formula is C16H22N2O2. The molecule has 4 heteroatoms. The largest absolute Gasteiger partial charge is 0.337 e. The molecule has 0 aliphatic heterocycles. The molecule has 0 heterocycles. The maximum Gasteiger partial charge on any atom is 0.319 e. The molecule has 2 amide bonds. The topological polar surface area (TPSA) is 58.2 Å². The Morgan fingerprint density at radius 1 is 1.30 bits per heavy atom. The van der Waals surface area contributed by atoms with Crippen LogP contribution in [0, 0.1) is 5.41 Å². The highest BCUT2D eigenvalue weighted by molar-refractivity contribution is 5.96. The van der Waals surface area contributed by atoms with Gasteiger partial charge in [-0.3, -0.25) is 4.79 Å². The predicted octanol–water partition coefficient (Wildman–Crippen LogP) is 3.59. The second-order valence-electron chi connectivity index (χ2n) is 5.69. The van der Waals surface area contributed by atoms with E-state index in [9.17, 15) is 9.59 Å². The van der Waals surface area contributed by atoms with Gasteiger partial charge < -0.3 is 10.6 Å². The minimum Gasteiger partial charge on any atom is -0.337 e. The van der Waals surface area contributed by atoms with E-state index in [4.69, 9.17) is 0 Å². The summed E-state index contributed by atoms with van der Waals surface area (Å²) in [4.78, 5) is 23.2. The molecule has 0 atom stereocenters. The van der Waals surface area contributed by atoms with Crippen molar-refractivity contribution in [1.82, 2.24) is 5.32 Å². The van der Waals surface area contributed by atoms with E-state index in [0.717, 1.165) is 13.0 Å². The van der Waals surface area contributed by atoms with Crippen LogP contribution >= 0.6 is 0 Å². The molecule has 2 N–H and O–H groups in total. The van der Waals surface area contributed by atoms with Crippen molar-refractivity contribution in [3.05, 3.63) is 29.8 Å². The van der Waals surface area contributed by atoms with Gasteiger partial charge in [-0.05, 0) is 43.7 Å². The second-order valence-corrected chi connectivity index (χ2v) is 5.69. The molecule has 1 aliphatic rings. The fraction of sp³-hybridized carbons (Fsp3) is 0.500. The molecule has 0 radical (unpaired) electrons. The van der Waals surface area contributed by atoms with Crippen LogP contribution in [0.3, 0.4) is 0 Å². The van der Waals surface area contributed by atoms with Gasteiger partial charge in [-0.2, -0.15) is 0 Å². The highest BCUT2D eigenvalue weighted by Gasteiger charge is 2.41. The van der Waals surface area contributed by atoms with Crippen molar-refractivity contribution >= 4 is 17.5 Å². The van der Waals surface area contributed by atoms with Crippen LogP contribution in [0.2, 0.25) is 0 Å². The normalized spacial score (nSPS) is 15.5. The van der Waals surface area contributed by atoms with E-state index in [-0.39, 0.29) is 11.8 Å². The van der Waals surface area contributed by atoms with E-state index in [1.54, 1.807) is 24.3 Å². The van der Waals surface area contributed by atoms with Crippen molar-refractivity contribution in [2.24, 2.45) is 5.41 Å². The number of carbonyl (C=O) groups is 2. The molecule has 1 aromatic carbocycles. The smallest absolute Gasteiger partial charge is 0.319 e. The number of nitrogens with one attached hydrogen (secondary N) is 2. The number of benzene rings is 1. The van der Waals surface area contributed by atoms with Crippen molar-refractivity contribution in [3.8, 4) is 0 Å². The summed E-state index contributed by atoms with van der Waals surface area (Å²) < 4.78 is 0. The molecule has 1 aliphatic carbocycles. The van der Waals surface area contributed by atoms with Crippen LogP contribution in [-0.2, 0) is 0 Å². The standard InChI is InChI=1S/C16H22N2O2/c1-3-7-16(8-9-16)11-17-15(20)18-14-6-4-5-13(10-14)12(2)19/h4-6,10H,3,7-9,11H2,1-2H3,(H2,17,18,20). The summed E-state index contributed by atoms with van der Waals surface area (Å²) in [5.41, 5.74) is 1.59. The van der Waals surface area contributed by atoms with Gasteiger partial charge in [0.2, 0.25) is 0 Å². The Labute approximate surface area is 119 Å². The van der Waals surface area contributed by atoms with Crippen LogP contribution in [0.15, 0.2) is 24.3 Å². The van der Waals surface area contributed by atoms with E-state index in [1.807, 2.05) is 0 Å². The summed E-state index contributed by atoms with van der Waals surface area (Å²) in [6, 6.07) is 6.79. The van der Waals surface area contributed by atoms with Crippen molar-refractivity contribution in [2.75, 3.05) is 11.9 Å². The molecule has 1 aromatic rings. The van der Waals surface area contributed by atoms with E-state index < -0.39 is 0 Å². The Morgan fingerprint density at radius 3 is 2.65 bits per heavy atom. The lowest BCUT2D eigenvalue weighted by molar-refractivity contribution is 0.101. The molecule has 0 spiro atoms. The fourth-order valence-corrected chi connectivity index (χ4v) is 2.48. The first-order valence-electron chi connectivity index (χ1n) is 7.20. The molecule has 2 rings (SSSR count). The average molecular weight is 274 g/mol. The Hall–Kier alpha value is -1.84. The number of hydrogen-bond acceptors (Lipinski definition) is 2. The number of Topliss-reactive ketones (excluding diaryl/α,β-unsaturated/α-hetero) is 1. The van der Waals surface area contributed by atoms with Crippen LogP contribution in [0.25, 0.3) is 0 Å². The molecular weight excluding hydrogens is 252 g/mol. The van der Waals surface area contributed by atoms with Gasteiger partial charge >= 0.3 is 6.03 Å². The maximum atomic E-state index is 11.9. The van der Waals surface area contributed by atoms with E-state index in [1.165, 1.54) is 26.2 Å². The number of anilines is 1. The summed E-state index contributed by atoms with van der Waals surface area (Å²) >= 11 is 0. The molecule has 20 heavy (non-hydrogen) atoms. The quantitative estimate of drug-likeness (QED) is 0.779. The van der Waals surface area contributed by atoms with Crippen LogP contribution in [-0.4, -0.2) is 18.4 Å². The fourth-order valence-electron chi connectivity index (χ4n) is 2.48. The van der Waals surface area contributed by atoms with Gasteiger partial charge in [-0.25, -0.2) is 4.79 Å². The number of rotatable bonds is 6. The van der Waals surface area contributed by atoms with Gasteiger partial charge in [0, 0.05) is 17.8 Å². The summed E-state index contributed by atoms with van der Waals surface area (Å²) in [6.07, 6.45) is 4.75. The molecule has 108 valence electrons. The Balaban J connectivity index is 1.85. The first-order valence-corrected chi connectivity index (χ1v) is 7.20. The summed E-state index contributed by atoms with van der Waals surface area (Å²) in [5, 5.41) is 5.71. The molecule has 0 unspecified atom stereocenters. The predicted molar refractivity (Wildman–Crippen MR) is 80.0 cm³/mol. The Kier molecular flexibility index (Phi) is 4.42. The maximum absolute atomic E-state index is 11.9. The monoisotopic (exact) mass is 274 g/mol. The van der Waals surface area contributed by atoms with Crippen molar-refractivity contribution < 1.29 is 9.59 Å². The number of amides is 2. The van der Waals surface area contributed by atoms with Crippen LogP contribution in [0.1, 0.15) is 49.9 Å². The molecule has 0 bridgehead atoms. The van der Waals surface area contributed by atoms with Crippen LogP contribution in [0.5, 0.6) is 0 Å². The van der Waals surface area contributed by atoms with E-state index >= 15 is 0 Å².